The molecule has 0 aliphatic heterocycles. The summed E-state index contributed by atoms with van der Waals surface area (Å²) in [6.07, 6.45) is 0. The van der Waals surface area contributed by atoms with E-state index in [0.717, 1.165) is 28.2 Å². The number of aromatic nitrogens is 2. The highest BCUT2D eigenvalue weighted by molar-refractivity contribution is 6.16. The first-order valence-corrected chi connectivity index (χ1v) is 9.84. The van der Waals surface area contributed by atoms with E-state index in [1.54, 1.807) is 0 Å². The van der Waals surface area contributed by atoms with Gasteiger partial charge in [0.1, 0.15) is 5.82 Å². The Hall–Kier alpha value is -3.91. The minimum atomic E-state index is 0.974. The standard InChI is InChI=1S/C27H18N2/c1-3-11-19(12-4-1)25-26-23-17-8-7-15-21(23)22-16-9-10-18-24(22)29(26)27(28-25)20-13-5-2-6-14-20/h1-18H. The van der Waals surface area contributed by atoms with Crippen molar-refractivity contribution in [3.8, 4) is 22.6 Å². The van der Waals surface area contributed by atoms with Crippen LogP contribution in [0.3, 0.4) is 0 Å². The number of hydrogen-bond donors (Lipinski definition) is 0. The molecular weight excluding hydrogens is 352 g/mol. The van der Waals surface area contributed by atoms with Crippen molar-refractivity contribution in [2.24, 2.45) is 0 Å². The summed E-state index contributed by atoms with van der Waals surface area (Å²) < 4.78 is 2.33. The summed E-state index contributed by atoms with van der Waals surface area (Å²) in [5.41, 5.74) is 5.60. The molecule has 2 nitrogen and oxygen atoms in total. The highest BCUT2D eigenvalue weighted by Gasteiger charge is 2.19. The smallest absolute Gasteiger partial charge is 0.145 e. The zero-order chi connectivity index (χ0) is 19.2. The molecule has 0 saturated carbocycles. The van der Waals surface area contributed by atoms with E-state index in [4.69, 9.17) is 4.98 Å². The normalized spacial score (nSPS) is 11.4. The SMILES string of the molecule is c1ccc(-c2nc(-c3ccccc3)n3c4ccccc4c4ccccc4c23)cc1. The van der Waals surface area contributed by atoms with Crippen LogP contribution in [0, 0.1) is 0 Å². The van der Waals surface area contributed by atoms with Crippen LogP contribution in [0.2, 0.25) is 0 Å². The zero-order valence-electron chi connectivity index (χ0n) is 15.8. The largest absolute Gasteiger partial charge is 0.291 e. The number of para-hydroxylation sites is 1. The first-order valence-electron chi connectivity index (χ1n) is 9.84. The van der Waals surface area contributed by atoms with Crippen molar-refractivity contribution in [1.82, 2.24) is 9.38 Å². The maximum absolute atomic E-state index is 5.19. The van der Waals surface area contributed by atoms with Crippen LogP contribution in [0.5, 0.6) is 0 Å². The predicted octanol–water partition coefficient (Wildman–Crippen LogP) is 6.97. The quantitative estimate of drug-likeness (QED) is 0.301. The minimum Gasteiger partial charge on any atom is -0.291 e. The molecule has 29 heavy (non-hydrogen) atoms. The second-order valence-electron chi connectivity index (χ2n) is 7.26. The van der Waals surface area contributed by atoms with Gasteiger partial charge >= 0.3 is 0 Å². The fourth-order valence-electron chi connectivity index (χ4n) is 4.30. The van der Waals surface area contributed by atoms with Gasteiger partial charge in [0.25, 0.3) is 0 Å². The molecule has 2 aromatic heterocycles. The Morgan fingerprint density at radius 1 is 0.483 bits per heavy atom. The maximum Gasteiger partial charge on any atom is 0.145 e. The van der Waals surface area contributed by atoms with Crippen LogP contribution in [-0.4, -0.2) is 9.38 Å². The van der Waals surface area contributed by atoms with Crippen LogP contribution in [0.25, 0.3) is 49.8 Å². The molecule has 0 radical (unpaired) electrons. The second kappa shape index (κ2) is 6.32. The van der Waals surface area contributed by atoms with Crippen molar-refractivity contribution in [2.45, 2.75) is 0 Å². The van der Waals surface area contributed by atoms with Crippen molar-refractivity contribution in [1.29, 1.82) is 0 Å². The van der Waals surface area contributed by atoms with Gasteiger partial charge in [-0.2, -0.15) is 0 Å². The van der Waals surface area contributed by atoms with Crippen LogP contribution in [0.1, 0.15) is 0 Å². The van der Waals surface area contributed by atoms with Gasteiger partial charge in [-0.3, -0.25) is 4.40 Å². The van der Waals surface area contributed by atoms with Crippen LogP contribution in [-0.2, 0) is 0 Å². The first kappa shape index (κ1) is 16.1. The summed E-state index contributed by atoms with van der Waals surface area (Å²) in [4.78, 5) is 5.19. The molecule has 0 atom stereocenters. The van der Waals surface area contributed by atoms with Crippen LogP contribution >= 0.6 is 0 Å². The molecule has 0 aliphatic carbocycles. The Balaban J connectivity index is 1.90. The van der Waals surface area contributed by atoms with Crippen LogP contribution in [0.4, 0.5) is 0 Å². The lowest BCUT2D eigenvalue weighted by Crippen LogP contribution is -1.94. The van der Waals surface area contributed by atoms with E-state index in [1.165, 1.54) is 21.7 Å². The summed E-state index contributed by atoms with van der Waals surface area (Å²) in [6.45, 7) is 0. The van der Waals surface area contributed by atoms with Crippen molar-refractivity contribution in [2.75, 3.05) is 0 Å². The van der Waals surface area contributed by atoms with Gasteiger partial charge in [-0.1, -0.05) is 103 Å². The van der Waals surface area contributed by atoms with Crippen molar-refractivity contribution in [3.63, 3.8) is 0 Å². The van der Waals surface area contributed by atoms with Gasteiger partial charge in [0.2, 0.25) is 0 Å². The highest BCUT2D eigenvalue weighted by Crippen LogP contribution is 2.38. The van der Waals surface area contributed by atoms with E-state index in [-0.39, 0.29) is 0 Å². The van der Waals surface area contributed by atoms with E-state index in [2.05, 4.69) is 101 Å². The summed E-state index contributed by atoms with van der Waals surface area (Å²) in [5.74, 6) is 0.974. The molecule has 0 amide bonds. The maximum atomic E-state index is 5.19. The van der Waals surface area contributed by atoms with Crippen LogP contribution < -0.4 is 0 Å². The summed E-state index contributed by atoms with van der Waals surface area (Å²) in [7, 11) is 0. The average Bonchev–Trinajstić information content (AvgIpc) is 3.22. The van der Waals surface area contributed by atoms with E-state index in [9.17, 15) is 0 Å². The number of benzene rings is 4. The molecule has 2 heteroatoms. The number of imidazole rings is 1. The summed E-state index contributed by atoms with van der Waals surface area (Å²) in [5, 5.41) is 3.72. The molecule has 6 aromatic rings. The van der Waals surface area contributed by atoms with Gasteiger partial charge in [-0.25, -0.2) is 4.98 Å². The molecule has 0 fully saturated rings. The van der Waals surface area contributed by atoms with E-state index >= 15 is 0 Å². The monoisotopic (exact) mass is 370 g/mol. The average molecular weight is 370 g/mol. The van der Waals surface area contributed by atoms with E-state index in [1.807, 2.05) is 12.1 Å². The fourth-order valence-corrected chi connectivity index (χ4v) is 4.30. The Morgan fingerprint density at radius 3 is 1.76 bits per heavy atom. The van der Waals surface area contributed by atoms with Gasteiger partial charge < -0.3 is 0 Å². The molecule has 0 aliphatic rings. The van der Waals surface area contributed by atoms with Crippen molar-refractivity contribution in [3.05, 3.63) is 109 Å². The lowest BCUT2D eigenvalue weighted by Gasteiger charge is -2.11. The summed E-state index contributed by atoms with van der Waals surface area (Å²) >= 11 is 0. The molecular formula is C27H18N2. The highest BCUT2D eigenvalue weighted by atomic mass is 15.0. The molecule has 0 saturated heterocycles. The van der Waals surface area contributed by atoms with Gasteiger partial charge in [0, 0.05) is 21.9 Å². The van der Waals surface area contributed by atoms with Gasteiger partial charge in [-0.15, -0.1) is 0 Å². The van der Waals surface area contributed by atoms with Gasteiger partial charge in [0.05, 0.1) is 16.7 Å². The Kier molecular flexibility index (Phi) is 3.50. The molecule has 0 bridgehead atoms. The molecule has 0 unspecified atom stereocenters. The topological polar surface area (TPSA) is 17.3 Å². The van der Waals surface area contributed by atoms with E-state index < -0.39 is 0 Å². The molecule has 2 heterocycles. The molecule has 0 N–H and O–H groups in total. The van der Waals surface area contributed by atoms with Gasteiger partial charge in [-0.05, 0) is 11.5 Å². The third kappa shape index (κ3) is 2.39. The first-order chi connectivity index (χ1) is 14.4. The Morgan fingerprint density at radius 2 is 1.03 bits per heavy atom. The Bertz CT molecular complexity index is 1370. The lowest BCUT2D eigenvalue weighted by molar-refractivity contribution is 1.22. The van der Waals surface area contributed by atoms with Crippen molar-refractivity contribution >= 4 is 27.2 Å². The zero-order valence-corrected chi connectivity index (χ0v) is 15.8. The number of nitrogens with zero attached hydrogens (tertiary/aromatic N) is 2. The third-order valence-corrected chi connectivity index (χ3v) is 5.57. The lowest BCUT2D eigenvalue weighted by atomic mass is 10.0. The predicted molar refractivity (Wildman–Crippen MR) is 121 cm³/mol. The minimum absolute atomic E-state index is 0.974. The number of fused-ring (bicyclic) bond motifs is 6. The molecule has 0 spiro atoms. The number of pyridine rings is 1. The summed E-state index contributed by atoms with van der Waals surface area (Å²) in [6, 6.07) is 38.2. The fraction of sp³-hybridized carbons (Fsp3) is 0. The number of hydrogen-bond acceptors (Lipinski definition) is 1. The third-order valence-electron chi connectivity index (χ3n) is 5.57. The van der Waals surface area contributed by atoms with E-state index in [0.29, 0.717) is 0 Å². The molecule has 4 aromatic carbocycles. The Labute approximate surface area is 168 Å². The van der Waals surface area contributed by atoms with Crippen LogP contribution in [0.15, 0.2) is 109 Å². The molecule has 136 valence electrons. The number of rotatable bonds is 2. The second-order valence-corrected chi connectivity index (χ2v) is 7.26. The molecule has 6 rings (SSSR count). The van der Waals surface area contributed by atoms with Crippen molar-refractivity contribution < 1.29 is 0 Å². The van der Waals surface area contributed by atoms with Gasteiger partial charge in [0.15, 0.2) is 0 Å².